The smallest absolute Gasteiger partial charge is 0.393 e. The largest absolute Gasteiger partial charge is 0.417 e. The van der Waals surface area contributed by atoms with E-state index in [1.165, 1.54) is 0 Å². The van der Waals surface area contributed by atoms with Gasteiger partial charge in [-0.1, -0.05) is 18.5 Å². The minimum atomic E-state index is -4.44. The van der Waals surface area contributed by atoms with E-state index in [0.29, 0.717) is 25.3 Å². The van der Waals surface area contributed by atoms with Gasteiger partial charge in [0.1, 0.15) is 5.82 Å². The van der Waals surface area contributed by atoms with Crippen LogP contribution >= 0.6 is 11.6 Å². The third kappa shape index (κ3) is 3.12. The van der Waals surface area contributed by atoms with Gasteiger partial charge in [-0.25, -0.2) is 4.98 Å². The Morgan fingerprint density at radius 2 is 2.16 bits per heavy atom. The number of pyridine rings is 1. The number of hydrogen-bond acceptors (Lipinski definition) is 3. The number of alkyl halides is 3. The van der Waals surface area contributed by atoms with E-state index < -0.39 is 11.7 Å². The van der Waals surface area contributed by atoms with E-state index in [4.69, 9.17) is 11.6 Å². The molecule has 1 N–H and O–H groups in total. The van der Waals surface area contributed by atoms with Crippen LogP contribution in [-0.2, 0) is 6.18 Å². The quantitative estimate of drug-likeness (QED) is 0.865. The number of aliphatic hydroxyl groups is 1. The maximum Gasteiger partial charge on any atom is 0.417 e. The van der Waals surface area contributed by atoms with Crippen LogP contribution in [0.25, 0.3) is 0 Å². The molecule has 2 rings (SSSR count). The fourth-order valence-electron chi connectivity index (χ4n) is 2.14. The molecule has 3 nitrogen and oxygen atoms in total. The molecule has 1 aromatic rings. The standard InChI is InChI=1S/C12H14ClF3N2O/c1-7-6-18(3-2-10(7)19)11-9(13)4-8(5-17-11)12(14,15)16/h4-5,7,10,19H,2-3,6H2,1H3. The maximum absolute atomic E-state index is 12.5. The summed E-state index contributed by atoms with van der Waals surface area (Å²) in [6.45, 7) is 2.94. The Labute approximate surface area is 114 Å². The monoisotopic (exact) mass is 294 g/mol. The van der Waals surface area contributed by atoms with Gasteiger partial charge in [-0.3, -0.25) is 0 Å². The number of aliphatic hydroxyl groups excluding tert-OH is 1. The molecule has 0 amide bonds. The van der Waals surface area contributed by atoms with Crippen LogP contribution in [-0.4, -0.2) is 29.3 Å². The number of rotatable bonds is 1. The van der Waals surface area contributed by atoms with Gasteiger partial charge >= 0.3 is 6.18 Å². The van der Waals surface area contributed by atoms with E-state index in [0.717, 1.165) is 12.3 Å². The molecule has 1 aromatic heterocycles. The summed E-state index contributed by atoms with van der Waals surface area (Å²) in [4.78, 5) is 5.63. The molecule has 2 heterocycles. The highest BCUT2D eigenvalue weighted by atomic mass is 35.5. The maximum atomic E-state index is 12.5. The second-order valence-corrected chi connectivity index (χ2v) is 5.21. The predicted octanol–water partition coefficient (Wildman–Crippen LogP) is 2.96. The molecule has 1 saturated heterocycles. The van der Waals surface area contributed by atoms with Gasteiger partial charge in [0.25, 0.3) is 0 Å². The minimum Gasteiger partial charge on any atom is -0.393 e. The minimum absolute atomic E-state index is 0.0154. The van der Waals surface area contributed by atoms with Crippen LogP contribution in [0.4, 0.5) is 19.0 Å². The van der Waals surface area contributed by atoms with Crippen LogP contribution in [0, 0.1) is 5.92 Å². The van der Waals surface area contributed by atoms with Gasteiger partial charge in [0.15, 0.2) is 0 Å². The normalized spacial score (nSPS) is 24.6. The first-order valence-corrected chi connectivity index (χ1v) is 6.32. The summed E-state index contributed by atoms with van der Waals surface area (Å²) in [6.07, 6.45) is -3.48. The fraction of sp³-hybridized carbons (Fsp3) is 0.583. The molecule has 0 radical (unpaired) electrons. The topological polar surface area (TPSA) is 36.4 Å². The lowest BCUT2D eigenvalue weighted by Gasteiger charge is -2.35. The molecule has 0 bridgehead atoms. The van der Waals surface area contributed by atoms with Crippen molar-refractivity contribution in [1.29, 1.82) is 0 Å². The van der Waals surface area contributed by atoms with Crippen molar-refractivity contribution in [3.8, 4) is 0 Å². The molecule has 19 heavy (non-hydrogen) atoms. The van der Waals surface area contributed by atoms with E-state index >= 15 is 0 Å². The molecule has 106 valence electrons. The van der Waals surface area contributed by atoms with E-state index in [-0.39, 0.29) is 17.0 Å². The van der Waals surface area contributed by atoms with E-state index in [9.17, 15) is 18.3 Å². The highest BCUT2D eigenvalue weighted by molar-refractivity contribution is 6.33. The van der Waals surface area contributed by atoms with Gasteiger partial charge in [-0.05, 0) is 18.4 Å². The van der Waals surface area contributed by atoms with Crippen molar-refractivity contribution in [2.24, 2.45) is 5.92 Å². The average Bonchev–Trinajstić information content (AvgIpc) is 2.31. The van der Waals surface area contributed by atoms with Gasteiger partial charge in [-0.15, -0.1) is 0 Å². The van der Waals surface area contributed by atoms with E-state index in [2.05, 4.69) is 4.98 Å². The fourth-order valence-corrected chi connectivity index (χ4v) is 2.43. The van der Waals surface area contributed by atoms with E-state index in [1.54, 1.807) is 4.90 Å². The third-order valence-electron chi connectivity index (χ3n) is 3.31. The van der Waals surface area contributed by atoms with E-state index in [1.807, 2.05) is 6.92 Å². The van der Waals surface area contributed by atoms with Crippen LogP contribution < -0.4 is 4.90 Å². The Balaban J connectivity index is 2.22. The summed E-state index contributed by atoms with van der Waals surface area (Å²) in [5.74, 6) is 0.377. The first-order chi connectivity index (χ1) is 8.79. The number of anilines is 1. The molecule has 7 heteroatoms. The molecule has 0 aromatic carbocycles. The molecule has 0 aliphatic carbocycles. The Morgan fingerprint density at radius 3 is 2.68 bits per heavy atom. The number of hydrogen-bond donors (Lipinski definition) is 1. The molecule has 1 aliphatic rings. The molecule has 2 unspecified atom stereocenters. The van der Waals surface area contributed by atoms with Crippen LogP contribution in [0.3, 0.4) is 0 Å². The lowest BCUT2D eigenvalue weighted by Crippen LogP contribution is -2.42. The van der Waals surface area contributed by atoms with Crippen LogP contribution in [0.2, 0.25) is 5.02 Å². The van der Waals surface area contributed by atoms with Gasteiger partial charge in [0.2, 0.25) is 0 Å². The molecule has 0 saturated carbocycles. The molecule has 2 atom stereocenters. The average molecular weight is 295 g/mol. The van der Waals surface area contributed by atoms with Crippen molar-refractivity contribution in [3.05, 3.63) is 22.8 Å². The summed E-state index contributed by atoms with van der Waals surface area (Å²) < 4.78 is 37.5. The summed E-state index contributed by atoms with van der Waals surface area (Å²) in [5.41, 5.74) is -0.855. The second kappa shape index (κ2) is 5.17. The molecule has 1 aliphatic heterocycles. The van der Waals surface area contributed by atoms with Crippen LogP contribution in [0.15, 0.2) is 12.3 Å². The lowest BCUT2D eigenvalue weighted by molar-refractivity contribution is -0.137. The Hall–Kier alpha value is -1.01. The molecule has 1 fully saturated rings. The molecular formula is C12H14ClF3N2O. The number of nitrogens with zero attached hydrogens (tertiary/aromatic N) is 2. The van der Waals surface area contributed by atoms with Crippen molar-refractivity contribution in [1.82, 2.24) is 4.98 Å². The zero-order valence-corrected chi connectivity index (χ0v) is 11.0. The summed E-state index contributed by atoms with van der Waals surface area (Å²) in [6, 6.07) is 0.888. The highest BCUT2D eigenvalue weighted by Crippen LogP contribution is 2.34. The zero-order valence-electron chi connectivity index (χ0n) is 10.3. The van der Waals surface area contributed by atoms with Crippen molar-refractivity contribution in [3.63, 3.8) is 0 Å². The highest BCUT2D eigenvalue weighted by Gasteiger charge is 2.33. The first-order valence-electron chi connectivity index (χ1n) is 5.95. The Kier molecular flexibility index (Phi) is 3.92. The zero-order chi connectivity index (χ0) is 14.2. The second-order valence-electron chi connectivity index (χ2n) is 4.81. The van der Waals surface area contributed by atoms with Crippen LogP contribution in [0.1, 0.15) is 18.9 Å². The SMILES string of the molecule is CC1CN(c2ncc(C(F)(F)F)cc2Cl)CCC1O. The summed E-state index contributed by atoms with van der Waals surface area (Å²) in [5, 5.41) is 9.62. The van der Waals surface area contributed by atoms with Crippen molar-refractivity contribution < 1.29 is 18.3 Å². The first kappa shape index (κ1) is 14.4. The molecule has 0 spiro atoms. The van der Waals surface area contributed by atoms with Gasteiger partial charge < -0.3 is 10.0 Å². The van der Waals surface area contributed by atoms with Crippen LogP contribution in [0.5, 0.6) is 0 Å². The van der Waals surface area contributed by atoms with Crippen molar-refractivity contribution in [2.75, 3.05) is 18.0 Å². The number of aromatic nitrogens is 1. The number of halogens is 4. The van der Waals surface area contributed by atoms with Crippen molar-refractivity contribution in [2.45, 2.75) is 25.6 Å². The van der Waals surface area contributed by atoms with Gasteiger partial charge in [0, 0.05) is 19.3 Å². The third-order valence-corrected chi connectivity index (χ3v) is 3.59. The predicted molar refractivity (Wildman–Crippen MR) is 66.2 cm³/mol. The number of piperidine rings is 1. The Bertz CT molecular complexity index is 467. The van der Waals surface area contributed by atoms with Crippen molar-refractivity contribution >= 4 is 17.4 Å². The molecular weight excluding hydrogens is 281 g/mol. The van der Waals surface area contributed by atoms with Gasteiger partial charge in [0.05, 0.1) is 16.7 Å². The summed E-state index contributed by atoms with van der Waals surface area (Å²) >= 11 is 5.89. The summed E-state index contributed by atoms with van der Waals surface area (Å²) in [7, 11) is 0. The van der Waals surface area contributed by atoms with Gasteiger partial charge in [-0.2, -0.15) is 13.2 Å². The Morgan fingerprint density at radius 1 is 1.47 bits per heavy atom. The lowest BCUT2D eigenvalue weighted by atomic mass is 9.97.